The highest BCUT2D eigenvalue weighted by Crippen LogP contribution is 2.29. The van der Waals surface area contributed by atoms with Crippen LogP contribution in [0.1, 0.15) is 55.7 Å². The fourth-order valence-electron chi connectivity index (χ4n) is 3.88. The first-order valence-corrected chi connectivity index (χ1v) is 12.1. The number of sulfonamides is 1. The Balaban J connectivity index is 1.78. The van der Waals surface area contributed by atoms with Crippen LogP contribution in [-0.2, 0) is 16.6 Å². The molecule has 1 aromatic heterocycles. The summed E-state index contributed by atoms with van der Waals surface area (Å²) in [4.78, 5) is 14.9. The molecule has 0 aliphatic carbocycles. The summed E-state index contributed by atoms with van der Waals surface area (Å²) in [6.45, 7) is 8.27. The van der Waals surface area contributed by atoms with Crippen LogP contribution in [0.5, 0.6) is 0 Å². The summed E-state index contributed by atoms with van der Waals surface area (Å²) in [5.74, 6) is 0.961. The Morgan fingerprint density at radius 2 is 1.87 bits per heavy atom. The number of hydrogen-bond acceptors (Lipinski definition) is 5. The Morgan fingerprint density at radius 3 is 2.47 bits per heavy atom. The third-order valence-electron chi connectivity index (χ3n) is 5.64. The van der Waals surface area contributed by atoms with Crippen molar-refractivity contribution in [3.8, 4) is 0 Å². The second-order valence-electron chi connectivity index (χ2n) is 7.27. The molecule has 0 atom stereocenters. The molecule has 1 aromatic carbocycles. The first-order chi connectivity index (χ1) is 14.3. The van der Waals surface area contributed by atoms with Crippen molar-refractivity contribution >= 4 is 27.5 Å². The van der Waals surface area contributed by atoms with Crippen molar-refractivity contribution in [3.63, 3.8) is 0 Å². The summed E-state index contributed by atoms with van der Waals surface area (Å²) < 4.78 is 29.1. The van der Waals surface area contributed by atoms with E-state index >= 15 is 0 Å². The van der Waals surface area contributed by atoms with Gasteiger partial charge in [-0.2, -0.15) is 4.31 Å². The van der Waals surface area contributed by atoms with E-state index in [9.17, 15) is 13.2 Å². The number of piperidine rings is 1. The largest absolute Gasteiger partial charge is 0.339 e. The lowest BCUT2D eigenvalue weighted by Crippen LogP contribution is -2.38. The Morgan fingerprint density at radius 1 is 1.20 bits per heavy atom. The van der Waals surface area contributed by atoms with Crippen LogP contribution in [0.3, 0.4) is 0 Å². The van der Waals surface area contributed by atoms with Gasteiger partial charge in [0.2, 0.25) is 10.0 Å². The average molecular weight is 454 g/mol. The number of amides is 1. The van der Waals surface area contributed by atoms with Crippen molar-refractivity contribution in [1.82, 2.24) is 24.0 Å². The molecule has 30 heavy (non-hydrogen) atoms. The molecule has 1 fully saturated rings. The molecule has 1 aliphatic heterocycles. The molecular formula is C20H28ClN5O3S. The predicted octanol–water partition coefficient (Wildman–Crippen LogP) is 3.00. The van der Waals surface area contributed by atoms with Crippen LogP contribution in [0.2, 0.25) is 5.02 Å². The van der Waals surface area contributed by atoms with Gasteiger partial charge < -0.3 is 9.47 Å². The summed E-state index contributed by atoms with van der Waals surface area (Å²) >= 11 is 6.28. The van der Waals surface area contributed by atoms with E-state index in [1.54, 1.807) is 25.1 Å². The first kappa shape index (κ1) is 22.7. The molecule has 1 aliphatic rings. The third kappa shape index (κ3) is 4.38. The maximum Gasteiger partial charge on any atom is 0.255 e. The highest BCUT2D eigenvalue weighted by Gasteiger charge is 2.29. The lowest BCUT2D eigenvalue weighted by atomic mass is 9.95. The number of likely N-dealkylation sites (tertiary alicyclic amines) is 1. The highest BCUT2D eigenvalue weighted by molar-refractivity contribution is 7.89. The number of benzene rings is 1. The van der Waals surface area contributed by atoms with Gasteiger partial charge in [0.25, 0.3) is 5.91 Å². The second-order valence-corrected chi connectivity index (χ2v) is 9.62. The molecule has 2 aromatic rings. The topological polar surface area (TPSA) is 88.4 Å². The molecule has 0 spiro atoms. The van der Waals surface area contributed by atoms with E-state index < -0.39 is 10.0 Å². The van der Waals surface area contributed by atoms with Crippen LogP contribution < -0.4 is 0 Å². The van der Waals surface area contributed by atoms with Gasteiger partial charge in [0.05, 0.1) is 15.5 Å². The van der Waals surface area contributed by atoms with Crippen molar-refractivity contribution < 1.29 is 13.2 Å². The molecule has 0 radical (unpaired) electrons. The smallest absolute Gasteiger partial charge is 0.255 e. The monoisotopic (exact) mass is 453 g/mol. The van der Waals surface area contributed by atoms with E-state index in [-0.39, 0.29) is 27.3 Å². The van der Waals surface area contributed by atoms with E-state index in [0.717, 1.165) is 25.2 Å². The predicted molar refractivity (Wildman–Crippen MR) is 115 cm³/mol. The minimum Gasteiger partial charge on any atom is -0.339 e. The number of aryl methyl sites for hydroxylation is 1. The molecular weight excluding hydrogens is 426 g/mol. The summed E-state index contributed by atoms with van der Waals surface area (Å²) in [6, 6.07) is 4.34. The van der Waals surface area contributed by atoms with Gasteiger partial charge in [0, 0.05) is 38.6 Å². The fraction of sp³-hybridized carbons (Fsp3) is 0.550. The Bertz CT molecular complexity index is 996. The van der Waals surface area contributed by atoms with Gasteiger partial charge in [-0.3, -0.25) is 4.79 Å². The number of carbonyl (C=O) groups is 1. The summed E-state index contributed by atoms with van der Waals surface area (Å²) in [6.07, 6.45) is 3.29. The van der Waals surface area contributed by atoms with Gasteiger partial charge in [-0.05, 0) is 38.0 Å². The van der Waals surface area contributed by atoms with E-state index in [1.807, 2.05) is 11.5 Å². The van der Waals surface area contributed by atoms with Crippen molar-refractivity contribution in [2.45, 2.75) is 51.0 Å². The summed E-state index contributed by atoms with van der Waals surface area (Å²) in [5.41, 5.74) is 0.222. The van der Waals surface area contributed by atoms with Gasteiger partial charge in [-0.1, -0.05) is 25.4 Å². The van der Waals surface area contributed by atoms with Gasteiger partial charge >= 0.3 is 0 Å². The van der Waals surface area contributed by atoms with Crippen molar-refractivity contribution in [2.75, 3.05) is 26.2 Å². The zero-order chi connectivity index (χ0) is 21.9. The van der Waals surface area contributed by atoms with E-state index in [2.05, 4.69) is 10.2 Å². The standard InChI is InChI=1S/C20H28ClN5O3S/c1-4-24-14-22-23-19(24)15-9-11-25(12-10-15)20(27)17-13-16(7-8-18(17)21)30(28,29)26(5-2)6-3/h7-8,13-15H,4-6,9-12H2,1-3H3. The van der Waals surface area contributed by atoms with Crippen LogP contribution in [0.4, 0.5) is 0 Å². The average Bonchev–Trinajstić information content (AvgIpc) is 3.23. The number of nitrogens with zero attached hydrogens (tertiary/aromatic N) is 5. The molecule has 2 heterocycles. The van der Waals surface area contributed by atoms with E-state index in [4.69, 9.17) is 11.6 Å². The molecule has 3 rings (SSSR count). The minimum atomic E-state index is -3.66. The van der Waals surface area contributed by atoms with Gasteiger partial charge in [-0.25, -0.2) is 8.42 Å². The van der Waals surface area contributed by atoms with Crippen LogP contribution >= 0.6 is 11.6 Å². The Kier molecular flexibility index (Phi) is 7.15. The number of halogens is 1. The molecule has 0 N–H and O–H groups in total. The van der Waals surface area contributed by atoms with Crippen molar-refractivity contribution in [3.05, 3.63) is 40.9 Å². The lowest BCUT2D eigenvalue weighted by molar-refractivity contribution is 0.0710. The molecule has 0 saturated carbocycles. The molecule has 10 heteroatoms. The summed E-state index contributed by atoms with van der Waals surface area (Å²) in [5, 5.41) is 8.49. The molecule has 0 bridgehead atoms. The van der Waals surface area contributed by atoms with Gasteiger partial charge in [0.15, 0.2) is 0 Å². The molecule has 1 saturated heterocycles. The van der Waals surface area contributed by atoms with E-state index in [1.165, 1.54) is 22.5 Å². The minimum absolute atomic E-state index is 0.0879. The first-order valence-electron chi connectivity index (χ1n) is 10.3. The number of hydrogen-bond donors (Lipinski definition) is 0. The molecule has 164 valence electrons. The van der Waals surface area contributed by atoms with Crippen LogP contribution in [0, 0.1) is 0 Å². The number of carbonyl (C=O) groups excluding carboxylic acids is 1. The van der Waals surface area contributed by atoms with Crippen LogP contribution in [0.15, 0.2) is 29.4 Å². The van der Waals surface area contributed by atoms with Crippen molar-refractivity contribution in [1.29, 1.82) is 0 Å². The van der Waals surface area contributed by atoms with Crippen LogP contribution in [0.25, 0.3) is 0 Å². The molecule has 1 amide bonds. The SMILES string of the molecule is CCN(CC)S(=O)(=O)c1ccc(Cl)c(C(=O)N2CCC(c3nncn3CC)CC2)c1. The lowest BCUT2D eigenvalue weighted by Gasteiger charge is -2.32. The maximum absolute atomic E-state index is 13.1. The fourth-order valence-corrected chi connectivity index (χ4v) is 5.56. The number of rotatable bonds is 7. The zero-order valence-electron chi connectivity index (χ0n) is 17.6. The normalized spacial score (nSPS) is 15.7. The van der Waals surface area contributed by atoms with Gasteiger partial charge in [0.1, 0.15) is 12.2 Å². The Labute approximate surface area is 182 Å². The second kappa shape index (κ2) is 9.45. The zero-order valence-corrected chi connectivity index (χ0v) is 19.2. The third-order valence-corrected chi connectivity index (χ3v) is 8.02. The summed E-state index contributed by atoms with van der Waals surface area (Å²) in [7, 11) is -3.66. The highest BCUT2D eigenvalue weighted by atomic mass is 35.5. The maximum atomic E-state index is 13.1. The number of aromatic nitrogens is 3. The van der Waals surface area contributed by atoms with Crippen molar-refractivity contribution in [2.24, 2.45) is 0 Å². The van der Waals surface area contributed by atoms with E-state index in [0.29, 0.717) is 26.2 Å². The quantitative estimate of drug-likeness (QED) is 0.643. The van der Waals surface area contributed by atoms with Crippen LogP contribution in [-0.4, -0.2) is 64.5 Å². The molecule has 8 nitrogen and oxygen atoms in total. The molecule has 0 unspecified atom stereocenters. The van der Waals surface area contributed by atoms with Gasteiger partial charge in [-0.15, -0.1) is 10.2 Å². The Hall–Kier alpha value is -1.97.